The number of carbonyl (C=O) groups is 1. The Hall–Kier alpha value is -1.04. The molecule has 0 spiro atoms. The van der Waals surface area contributed by atoms with Gasteiger partial charge in [-0.15, -0.1) is 24.0 Å². The van der Waals surface area contributed by atoms with Crippen LogP contribution in [-0.4, -0.2) is 5.91 Å². The molecule has 0 aliphatic heterocycles. The normalized spacial score (nSPS) is 10.3. The lowest BCUT2D eigenvalue weighted by Gasteiger charge is -2.04. The van der Waals surface area contributed by atoms with Crippen molar-refractivity contribution in [2.45, 2.75) is 4.90 Å². The summed E-state index contributed by atoms with van der Waals surface area (Å²) in [5.74, 6) is -0.800. The maximum atomic E-state index is 13.0. The first-order chi connectivity index (χ1) is 8.04. The van der Waals surface area contributed by atoms with E-state index in [0.717, 1.165) is 4.90 Å². The van der Waals surface area contributed by atoms with Gasteiger partial charge in [0.15, 0.2) is 0 Å². The molecule has 2 aromatic rings. The summed E-state index contributed by atoms with van der Waals surface area (Å²) in [5.41, 5.74) is 0.328. The molecule has 1 heterocycles. The number of anilines is 1. The maximum absolute atomic E-state index is 13.0. The molecule has 0 saturated carbocycles. The highest BCUT2D eigenvalue weighted by molar-refractivity contribution is 7.80. The van der Waals surface area contributed by atoms with Gasteiger partial charge in [-0.3, -0.25) is 4.79 Å². The fraction of sp³-hybridized carbons (Fsp3) is 0. The van der Waals surface area contributed by atoms with Gasteiger partial charge in [-0.05, 0) is 24.3 Å². The molecule has 1 aromatic heterocycles. The van der Waals surface area contributed by atoms with Crippen LogP contribution in [0.4, 0.5) is 10.1 Å². The van der Waals surface area contributed by atoms with Crippen LogP contribution in [0.5, 0.6) is 0 Å². The lowest BCUT2D eigenvalue weighted by atomic mass is 10.3. The fourth-order valence-corrected chi connectivity index (χ4v) is 2.53. The average Bonchev–Trinajstić information content (AvgIpc) is 2.63. The van der Waals surface area contributed by atoms with E-state index in [2.05, 4.69) is 17.9 Å². The van der Waals surface area contributed by atoms with E-state index in [-0.39, 0.29) is 10.9 Å². The Labute approximate surface area is 112 Å². The standard InChI is InChI=1S/C11H7ClFNOS2/c12-6-1-7(13)3-8(2-6)14-11(15)10-4-9(16)5-17-10/h1-5,16H,(H,14,15). The minimum absolute atomic E-state index is 0.237. The molecule has 0 atom stereocenters. The van der Waals surface area contributed by atoms with Crippen LogP contribution in [0.1, 0.15) is 9.67 Å². The van der Waals surface area contributed by atoms with Gasteiger partial charge in [-0.1, -0.05) is 11.6 Å². The van der Waals surface area contributed by atoms with E-state index >= 15 is 0 Å². The van der Waals surface area contributed by atoms with Gasteiger partial charge in [0, 0.05) is 21.0 Å². The van der Waals surface area contributed by atoms with E-state index in [4.69, 9.17) is 11.6 Å². The SMILES string of the molecule is O=C(Nc1cc(F)cc(Cl)c1)c1cc(S)cs1. The van der Waals surface area contributed by atoms with Gasteiger partial charge < -0.3 is 5.32 Å². The van der Waals surface area contributed by atoms with Crippen LogP contribution < -0.4 is 5.32 Å². The molecule has 0 bridgehead atoms. The average molecular weight is 288 g/mol. The van der Waals surface area contributed by atoms with Crippen LogP contribution in [0.25, 0.3) is 0 Å². The molecule has 0 saturated heterocycles. The van der Waals surface area contributed by atoms with Crippen LogP contribution in [0.3, 0.4) is 0 Å². The van der Waals surface area contributed by atoms with Gasteiger partial charge in [-0.25, -0.2) is 4.39 Å². The van der Waals surface area contributed by atoms with E-state index in [1.54, 1.807) is 11.4 Å². The third kappa shape index (κ3) is 3.21. The summed E-state index contributed by atoms with van der Waals surface area (Å²) >= 11 is 11.1. The zero-order valence-corrected chi connectivity index (χ0v) is 10.9. The van der Waals surface area contributed by atoms with Crippen molar-refractivity contribution >= 4 is 47.2 Å². The van der Waals surface area contributed by atoms with Crippen molar-refractivity contribution in [3.63, 3.8) is 0 Å². The lowest BCUT2D eigenvalue weighted by molar-refractivity contribution is 0.103. The number of halogens is 2. The summed E-state index contributed by atoms with van der Waals surface area (Å²) in [6.45, 7) is 0. The second kappa shape index (κ2) is 5.08. The number of hydrogen-bond acceptors (Lipinski definition) is 3. The molecule has 2 nitrogen and oxygen atoms in total. The third-order valence-corrected chi connectivity index (χ3v) is 3.51. The van der Waals surface area contributed by atoms with Crippen LogP contribution in [-0.2, 0) is 0 Å². The van der Waals surface area contributed by atoms with Crippen molar-refractivity contribution in [2.24, 2.45) is 0 Å². The fourth-order valence-electron chi connectivity index (χ4n) is 1.26. The number of carbonyl (C=O) groups excluding carboxylic acids is 1. The second-order valence-electron chi connectivity index (χ2n) is 3.28. The Balaban J connectivity index is 2.18. The predicted molar refractivity (Wildman–Crippen MR) is 70.9 cm³/mol. The summed E-state index contributed by atoms with van der Waals surface area (Å²) in [7, 11) is 0. The first-order valence-corrected chi connectivity index (χ1v) is 6.30. The van der Waals surface area contributed by atoms with Gasteiger partial charge in [-0.2, -0.15) is 0 Å². The lowest BCUT2D eigenvalue weighted by Crippen LogP contribution is -2.10. The summed E-state index contributed by atoms with van der Waals surface area (Å²) in [6.07, 6.45) is 0. The monoisotopic (exact) mass is 287 g/mol. The molecular formula is C11H7ClFNOS2. The van der Waals surface area contributed by atoms with Crippen LogP contribution in [0.15, 0.2) is 34.5 Å². The largest absolute Gasteiger partial charge is 0.321 e. The molecule has 6 heteroatoms. The number of nitrogens with one attached hydrogen (secondary N) is 1. The number of hydrogen-bond donors (Lipinski definition) is 2. The predicted octanol–water partition coefficient (Wildman–Crippen LogP) is 4.08. The molecule has 88 valence electrons. The molecule has 0 aliphatic rings. The highest BCUT2D eigenvalue weighted by Gasteiger charge is 2.09. The van der Waals surface area contributed by atoms with Gasteiger partial charge in [0.05, 0.1) is 4.88 Å². The third-order valence-electron chi connectivity index (χ3n) is 1.93. The summed E-state index contributed by atoms with van der Waals surface area (Å²) in [4.78, 5) is 13.0. The molecule has 0 unspecified atom stereocenters. The Morgan fingerprint density at radius 1 is 1.35 bits per heavy atom. The van der Waals surface area contributed by atoms with E-state index in [9.17, 15) is 9.18 Å². The van der Waals surface area contributed by atoms with Gasteiger partial charge >= 0.3 is 0 Å². The number of rotatable bonds is 2. The molecule has 1 amide bonds. The van der Waals surface area contributed by atoms with Crippen LogP contribution in [0, 0.1) is 5.82 Å². The zero-order valence-electron chi connectivity index (χ0n) is 8.41. The van der Waals surface area contributed by atoms with Gasteiger partial charge in [0.1, 0.15) is 5.82 Å². The molecule has 1 aromatic carbocycles. The zero-order chi connectivity index (χ0) is 12.4. The Bertz CT molecular complexity index is 550. The summed E-state index contributed by atoms with van der Waals surface area (Å²) in [6, 6.07) is 5.51. The van der Waals surface area contributed by atoms with Crippen molar-refractivity contribution in [2.75, 3.05) is 5.32 Å². The number of benzene rings is 1. The molecular weight excluding hydrogens is 281 g/mol. The van der Waals surface area contributed by atoms with Crippen LogP contribution in [0.2, 0.25) is 5.02 Å². The highest BCUT2D eigenvalue weighted by Crippen LogP contribution is 2.21. The molecule has 0 aliphatic carbocycles. The highest BCUT2D eigenvalue weighted by atomic mass is 35.5. The van der Waals surface area contributed by atoms with E-state index in [0.29, 0.717) is 10.6 Å². The van der Waals surface area contributed by atoms with E-state index in [1.807, 2.05) is 0 Å². The first kappa shape index (κ1) is 12.4. The van der Waals surface area contributed by atoms with E-state index < -0.39 is 5.82 Å². The van der Waals surface area contributed by atoms with Gasteiger partial charge in [0.25, 0.3) is 5.91 Å². The second-order valence-corrected chi connectivity index (χ2v) is 5.15. The summed E-state index contributed by atoms with van der Waals surface area (Å²) in [5, 5.41) is 4.55. The minimum atomic E-state index is -0.492. The Morgan fingerprint density at radius 3 is 2.71 bits per heavy atom. The number of thiophene rings is 1. The Kier molecular flexibility index (Phi) is 3.71. The maximum Gasteiger partial charge on any atom is 0.265 e. The molecule has 0 radical (unpaired) electrons. The quantitative estimate of drug-likeness (QED) is 0.801. The van der Waals surface area contributed by atoms with Crippen molar-refractivity contribution in [1.29, 1.82) is 0 Å². The topological polar surface area (TPSA) is 29.1 Å². The smallest absolute Gasteiger partial charge is 0.265 e. The van der Waals surface area contributed by atoms with Crippen molar-refractivity contribution in [1.82, 2.24) is 0 Å². The van der Waals surface area contributed by atoms with Crippen LogP contribution >= 0.6 is 35.6 Å². The Morgan fingerprint density at radius 2 is 2.12 bits per heavy atom. The van der Waals surface area contributed by atoms with Crippen molar-refractivity contribution in [3.05, 3.63) is 45.4 Å². The van der Waals surface area contributed by atoms with Crippen molar-refractivity contribution in [3.8, 4) is 0 Å². The molecule has 1 N–H and O–H groups in total. The number of amides is 1. The summed E-state index contributed by atoms with van der Waals surface area (Å²) < 4.78 is 13.0. The minimum Gasteiger partial charge on any atom is -0.321 e. The molecule has 2 rings (SSSR count). The first-order valence-electron chi connectivity index (χ1n) is 4.59. The molecule has 17 heavy (non-hydrogen) atoms. The molecule has 0 fully saturated rings. The van der Waals surface area contributed by atoms with E-state index in [1.165, 1.54) is 29.5 Å². The van der Waals surface area contributed by atoms with Gasteiger partial charge in [0.2, 0.25) is 0 Å². The number of thiol groups is 1. The van der Waals surface area contributed by atoms with Crippen molar-refractivity contribution < 1.29 is 9.18 Å².